The van der Waals surface area contributed by atoms with E-state index >= 15 is 0 Å². The van der Waals surface area contributed by atoms with Crippen molar-refractivity contribution >= 4 is 11.6 Å². The molecule has 3 aliphatic rings. The van der Waals surface area contributed by atoms with Crippen LogP contribution in [0.1, 0.15) is 23.6 Å². The van der Waals surface area contributed by atoms with Crippen LogP contribution in [0, 0.1) is 11.8 Å². The third kappa shape index (κ3) is 1.70. The van der Waals surface area contributed by atoms with Crippen LogP contribution in [-0.4, -0.2) is 31.1 Å². The van der Waals surface area contributed by atoms with Crippen LogP contribution >= 0.6 is 11.6 Å². The molecule has 2 fully saturated rings. The van der Waals surface area contributed by atoms with E-state index in [1.54, 1.807) is 0 Å². The zero-order valence-electron chi connectivity index (χ0n) is 10.5. The SMILES string of the molecule is Clc1ccc2c(c1)CCC2N1CC2CNCC2C1. The second-order valence-electron chi connectivity index (χ2n) is 6.03. The summed E-state index contributed by atoms with van der Waals surface area (Å²) >= 11 is 6.09. The van der Waals surface area contributed by atoms with Crippen LogP contribution < -0.4 is 5.32 Å². The Kier molecular flexibility index (Phi) is 2.65. The van der Waals surface area contributed by atoms with Crippen LogP contribution in [-0.2, 0) is 6.42 Å². The maximum absolute atomic E-state index is 6.09. The molecule has 1 aliphatic carbocycles. The Hall–Kier alpha value is -0.570. The molecule has 2 saturated heterocycles. The second kappa shape index (κ2) is 4.22. The fourth-order valence-electron chi connectivity index (χ4n) is 4.09. The highest BCUT2D eigenvalue weighted by Gasteiger charge is 2.40. The maximum Gasteiger partial charge on any atom is 0.0408 e. The summed E-state index contributed by atoms with van der Waals surface area (Å²) in [6.45, 7) is 5.01. The van der Waals surface area contributed by atoms with Crippen LogP contribution in [0.2, 0.25) is 5.02 Å². The fourth-order valence-corrected chi connectivity index (χ4v) is 4.28. The summed E-state index contributed by atoms with van der Waals surface area (Å²) in [5, 5.41) is 4.40. The fraction of sp³-hybridized carbons (Fsp3) is 0.600. The zero-order valence-corrected chi connectivity index (χ0v) is 11.3. The third-order valence-corrected chi connectivity index (χ3v) is 5.24. The topological polar surface area (TPSA) is 15.3 Å². The minimum atomic E-state index is 0.655. The number of benzene rings is 1. The molecule has 0 aromatic heterocycles. The summed E-state index contributed by atoms with van der Waals surface area (Å²) in [7, 11) is 0. The normalized spacial score (nSPS) is 34.8. The molecule has 0 saturated carbocycles. The number of aryl methyl sites for hydroxylation is 1. The highest BCUT2D eigenvalue weighted by Crippen LogP contribution is 2.41. The van der Waals surface area contributed by atoms with Crippen molar-refractivity contribution < 1.29 is 0 Å². The van der Waals surface area contributed by atoms with Gasteiger partial charge >= 0.3 is 0 Å². The molecule has 0 spiro atoms. The molecular weight excluding hydrogens is 244 g/mol. The molecule has 1 N–H and O–H groups in total. The Labute approximate surface area is 113 Å². The van der Waals surface area contributed by atoms with Crippen LogP contribution in [0.5, 0.6) is 0 Å². The molecular formula is C15H19ClN2. The van der Waals surface area contributed by atoms with E-state index in [2.05, 4.69) is 28.4 Å². The molecule has 96 valence electrons. The first-order valence-electron chi connectivity index (χ1n) is 7.04. The molecule has 2 heterocycles. The third-order valence-electron chi connectivity index (χ3n) is 5.01. The number of likely N-dealkylation sites (tertiary alicyclic amines) is 1. The van der Waals surface area contributed by atoms with Gasteiger partial charge in [0.25, 0.3) is 0 Å². The lowest BCUT2D eigenvalue weighted by Gasteiger charge is -2.25. The average Bonchev–Trinajstić information content (AvgIpc) is 2.98. The summed E-state index contributed by atoms with van der Waals surface area (Å²) in [5.74, 6) is 1.78. The van der Waals surface area contributed by atoms with Crippen molar-refractivity contribution in [1.29, 1.82) is 0 Å². The average molecular weight is 263 g/mol. The molecule has 0 radical (unpaired) electrons. The van der Waals surface area contributed by atoms with E-state index < -0.39 is 0 Å². The minimum absolute atomic E-state index is 0.655. The molecule has 2 aliphatic heterocycles. The lowest BCUT2D eigenvalue weighted by Crippen LogP contribution is -2.28. The molecule has 3 unspecified atom stereocenters. The van der Waals surface area contributed by atoms with Gasteiger partial charge in [-0.3, -0.25) is 4.90 Å². The van der Waals surface area contributed by atoms with Gasteiger partial charge in [0.1, 0.15) is 0 Å². The van der Waals surface area contributed by atoms with E-state index in [1.165, 1.54) is 50.1 Å². The predicted octanol–water partition coefficient (Wildman–Crippen LogP) is 2.48. The molecule has 4 rings (SSSR count). The van der Waals surface area contributed by atoms with Crippen molar-refractivity contribution in [2.75, 3.05) is 26.2 Å². The van der Waals surface area contributed by atoms with Gasteiger partial charge in [0.05, 0.1) is 0 Å². The van der Waals surface area contributed by atoms with Crippen LogP contribution in [0.3, 0.4) is 0 Å². The van der Waals surface area contributed by atoms with Crippen LogP contribution in [0.15, 0.2) is 18.2 Å². The number of hydrogen-bond donors (Lipinski definition) is 1. The van der Waals surface area contributed by atoms with E-state index in [-0.39, 0.29) is 0 Å². The smallest absolute Gasteiger partial charge is 0.0408 e. The van der Waals surface area contributed by atoms with Gasteiger partial charge in [0.2, 0.25) is 0 Å². The number of nitrogens with zero attached hydrogens (tertiary/aromatic N) is 1. The van der Waals surface area contributed by atoms with E-state index in [1.807, 2.05) is 0 Å². The van der Waals surface area contributed by atoms with Gasteiger partial charge in [0, 0.05) is 24.2 Å². The molecule has 18 heavy (non-hydrogen) atoms. The Morgan fingerprint density at radius 2 is 1.94 bits per heavy atom. The Balaban J connectivity index is 1.58. The van der Waals surface area contributed by atoms with Gasteiger partial charge in [-0.1, -0.05) is 17.7 Å². The first-order chi connectivity index (χ1) is 8.81. The van der Waals surface area contributed by atoms with Crippen molar-refractivity contribution in [3.05, 3.63) is 34.3 Å². The van der Waals surface area contributed by atoms with Crippen molar-refractivity contribution in [1.82, 2.24) is 10.2 Å². The molecule has 1 aromatic rings. The van der Waals surface area contributed by atoms with E-state index in [0.717, 1.165) is 16.9 Å². The summed E-state index contributed by atoms with van der Waals surface area (Å²) in [5.41, 5.74) is 3.01. The van der Waals surface area contributed by atoms with Gasteiger partial charge in [-0.15, -0.1) is 0 Å². The maximum atomic E-state index is 6.09. The standard InChI is InChI=1S/C15H19ClN2/c16-13-2-3-14-10(5-13)1-4-15(14)18-8-11-6-17-7-12(11)9-18/h2-3,5,11-12,15,17H,1,4,6-9H2. The summed E-state index contributed by atoms with van der Waals surface area (Å²) in [6, 6.07) is 7.12. The van der Waals surface area contributed by atoms with E-state index in [9.17, 15) is 0 Å². The minimum Gasteiger partial charge on any atom is -0.316 e. The van der Waals surface area contributed by atoms with Gasteiger partial charge in [-0.2, -0.15) is 0 Å². The first kappa shape index (κ1) is 11.3. The van der Waals surface area contributed by atoms with Crippen LogP contribution in [0.4, 0.5) is 0 Å². The number of fused-ring (bicyclic) bond motifs is 2. The number of hydrogen-bond acceptors (Lipinski definition) is 2. The molecule has 3 heteroatoms. The van der Waals surface area contributed by atoms with Gasteiger partial charge in [-0.25, -0.2) is 0 Å². The van der Waals surface area contributed by atoms with Crippen molar-refractivity contribution in [3.63, 3.8) is 0 Å². The molecule has 1 aromatic carbocycles. The van der Waals surface area contributed by atoms with E-state index in [0.29, 0.717) is 6.04 Å². The summed E-state index contributed by atoms with van der Waals surface area (Å²) in [6.07, 6.45) is 2.48. The molecule has 0 amide bonds. The predicted molar refractivity (Wildman–Crippen MR) is 73.9 cm³/mol. The zero-order chi connectivity index (χ0) is 12.1. The summed E-state index contributed by atoms with van der Waals surface area (Å²) in [4.78, 5) is 2.72. The van der Waals surface area contributed by atoms with E-state index in [4.69, 9.17) is 11.6 Å². The summed E-state index contributed by atoms with van der Waals surface area (Å²) < 4.78 is 0. The number of nitrogens with one attached hydrogen (secondary N) is 1. The lowest BCUT2D eigenvalue weighted by molar-refractivity contribution is 0.228. The van der Waals surface area contributed by atoms with Crippen molar-refractivity contribution in [2.45, 2.75) is 18.9 Å². The van der Waals surface area contributed by atoms with Gasteiger partial charge < -0.3 is 5.32 Å². The van der Waals surface area contributed by atoms with Crippen molar-refractivity contribution in [2.24, 2.45) is 11.8 Å². The quantitative estimate of drug-likeness (QED) is 0.837. The lowest BCUT2D eigenvalue weighted by atomic mass is 10.0. The van der Waals surface area contributed by atoms with Gasteiger partial charge in [-0.05, 0) is 61.0 Å². The molecule has 0 bridgehead atoms. The van der Waals surface area contributed by atoms with Crippen LogP contribution in [0.25, 0.3) is 0 Å². The Morgan fingerprint density at radius 1 is 1.17 bits per heavy atom. The Morgan fingerprint density at radius 3 is 2.72 bits per heavy atom. The first-order valence-corrected chi connectivity index (χ1v) is 7.42. The monoisotopic (exact) mass is 262 g/mol. The number of rotatable bonds is 1. The largest absolute Gasteiger partial charge is 0.316 e. The number of halogens is 1. The highest BCUT2D eigenvalue weighted by atomic mass is 35.5. The molecule has 2 nitrogen and oxygen atoms in total. The molecule has 3 atom stereocenters. The van der Waals surface area contributed by atoms with Gasteiger partial charge in [0.15, 0.2) is 0 Å². The Bertz CT molecular complexity index is 462. The van der Waals surface area contributed by atoms with Crippen molar-refractivity contribution in [3.8, 4) is 0 Å². The second-order valence-corrected chi connectivity index (χ2v) is 6.47. The highest BCUT2D eigenvalue weighted by molar-refractivity contribution is 6.30.